The van der Waals surface area contributed by atoms with E-state index in [4.69, 9.17) is 0 Å². The van der Waals surface area contributed by atoms with Crippen molar-refractivity contribution in [2.24, 2.45) is 10.3 Å². The average molecular weight is 371 g/mol. The Kier molecular flexibility index (Phi) is 6.19. The van der Waals surface area contributed by atoms with E-state index in [9.17, 15) is 18.3 Å². The normalized spacial score (nSPS) is 19.0. The van der Waals surface area contributed by atoms with Gasteiger partial charge in [-0.25, -0.2) is 8.42 Å². The molecule has 8 nitrogen and oxygen atoms in total. The van der Waals surface area contributed by atoms with E-state index < -0.39 is 21.4 Å². The number of nitrogens with zero attached hydrogens (tertiary/aromatic N) is 4. The zero-order valence-electron chi connectivity index (χ0n) is 13.5. The third-order valence-corrected chi connectivity index (χ3v) is 6.70. The molecule has 1 fully saturated rings. The SMILES string of the molecule is CCN(CC)N=Nc1ccc(S(=O)(=O)N2CCS[C@@H]2C(=O)[O-])cc1. The Balaban J connectivity index is 2.19. The van der Waals surface area contributed by atoms with Crippen LogP contribution in [0.3, 0.4) is 0 Å². The lowest BCUT2D eigenvalue weighted by atomic mass is 10.3. The fourth-order valence-corrected chi connectivity index (χ4v) is 5.16. The van der Waals surface area contributed by atoms with E-state index >= 15 is 0 Å². The van der Waals surface area contributed by atoms with Crippen molar-refractivity contribution in [1.29, 1.82) is 0 Å². The van der Waals surface area contributed by atoms with Gasteiger partial charge in [-0.15, -0.1) is 16.9 Å². The summed E-state index contributed by atoms with van der Waals surface area (Å²) in [5.74, 6) is -0.973. The van der Waals surface area contributed by atoms with E-state index in [1.165, 1.54) is 24.3 Å². The van der Waals surface area contributed by atoms with Gasteiger partial charge in [0, 0.05) is 25.4 Å². The number of thioether (sulfide) groups is 1. The Labute approximate surface area is 145 Å². The molecular formula is C14H19N4O4S2-. The van der Waals surface area contributed by atoms with E-state index in [-0.39, 0.29) is 11.4 Å². The van der Waals surface area contributed by atoms with Gasteiger partial charge in [0.15, 0.2) is 0 Å². The summed E-state index contributed by atoms with van der Waals surface area (Å²) in [6, 6.07) is 5.89. The van der Waals surface area contributed by atoms with Crippen LogP contribution in [-0.2, 0) is 14.8 Å². The Morgan fingerprint density at radius 3 is 2.50 bits per heavy atom. The maximum Gasteiger partial charge on any atom is 0.244 e. The lowest BCUT2D eigenvalue weighted by molar-refractivity contribution is -0.306. The summed E-state index contributed by atoms with van der Waals surface area (Å²) in [5.41, 5.74) is 0.521. The molecule has 0 aliphatic carbocycles. The van der Waals surface area contributed by atoms with Gasteiger partial charge in [-0.05, 0) is 38.1 Å². The first-order valence-electron chi connectivity index (χ1n) is 7.51. The molecule has 132 valence electrons. The summed E-state index contributed by atoms with van der Waals surface area (Å²) in [7, 11) is -3.88. The first-order chi connectivity index (χ1) is 11.4. The van der Waals surface area contributed by atoms with Crippen molar-refractivity contribution in [2.75, 3.05) is 25.4 Å². The topological polar surface area (TPSA) is 105 Å². The molecule has 0 N–H and O–H groups in total. The highest BCUT2D eigenvalue weighted by Gasteiger charge is 2.36. The van der Waals surface area contributed by atoms with Gasteiger partial charge < -0.3 is 9.90 Å². The van der Waals surface area contributed by atoms with Crippen LogP contribution in [0.25, 0.3) is 0 Å². The zero-order chi connectivity index (χ0) is 17.7. The largest absolute Gasteiger partial charge is 0.547 e. The summed E-state index contributed by atoms with van der Waals surface area (Å²) in [6.45, 7) is 5.52. The summed E-state index contributed by atoms with van der Waals surface area (Å²) in [6.07, 6.45) is 0. The number of benzene rings is 1. The smallest absolute Gasteiger partial charge is 0.244 e. The number of carbonyl (C=O) groups excluding carboxylic acids is 1. The molecule has 10 heteroatoms. The van der Waals surface area contributed by atoms with Crippen LogP contribution in [0.2, 0.25) is 0 Å². The number of carbonyl (C=O) groups is 1. The summed E-state index contributed by atoms with van der Waals surface area (Å²) >= 11 is 1.05. The van der Waals surface area contributed by atoms with Crippen LogP contribution < -0.4 is 5.11 Å². The standard InChI is InChI=1S/C14H20N4O4S2/c1-3-17(4-2)16-15-11-5-7-12(8-6-11)24(21,22)18-9-10-23-13(18)14(19)20/h5-8,13H,3-4,9-10H2,1-2H3,(H,19,20)/p-1/t13-/m1/s1. The molecule has 24 heavy (non-hydrogen) atoms. The van der Waals surface area contributed by atoms with E-state index in [0.717, 1.165) is 29.2 Å². The minimum absolute atomic E-state index is 0.0260. The van der Waals surface area contributed by atoms with Crippen molar-refractivity contribution in [3.8, 4) is 0 Å². The Morgan fingerprint density at radius 2 is 1.96 bits per heavy atom. The van der Waals surface area contributed by atoms with Crippen LogP contribution in [0.1, 0.15) is 13.8 Å². The molecule has 0 unspecified atom stereocenters. The zero-order valence-corrected chi connectivity index (χ0v) is 15.1. The summed E-state index contributed by atoms with van der Waals surface area (Å²) in [5, 5.41) is 19.7. The molecule has 1 aromatic rings. The van der Waals surface area contributed by atoms with Crippen molar-refractivity contribution in [3.05, 3.63) is 24.3 Å². The minimum atomic E-state index is -3.88. The molecule has 0 amide bonds. The molecule has 1 aromatic carbocycles. The number of hydrogen-bond donors (Lipinski definition) is 0. The maximum atomic E-state index is 12.6. The van der Waals surface area contributed by atoms with Crippen LogP contribution in [-0.4, -0.2) is 54.5 Å². The number of aliphatic carboxylic acids is 1. The van der Waals surface area contributed by atoms with Crippen molar-refractivity contribution in [1.82, 2.24) is 9.31 Å². The molecule has 0 spiro atoms. The van der Waals surface area contributed by atoms with Crippen LogP contribution in [0.5, 0.6) is 0 Å². The summed E-state index contributed by atoms with van der Waals surface area (Å²) in [4.78, 5) is 11.1. The van der Waals surface area contributed by atoms with E-state index in [1.807, 2.05) is 13.8 Å². The molecule has 0 radical (unpaired) electrons. The van der Waals surface area contributed by atoms with Crippen molar-refractivity contribution >= 4 is 33.4 Å². The average Bonchev–Trinajstić information content (AvgIpc) is 3.07. The lowest BCUT2D eigenvalue weighted by Gasteiger charge is -2.23. The number of carboxylic acid groups (broad SMARTS) is 1. The van der Waals surface area contributed by atoms with E-state index in [2.05, 4.69) is 10.3 Å². The Hall–Kier alpha value is -1.65. The van der Waals surface area contributed by atoms with Crippen molar-refractivity contribution in [2.45, 2.75) is 24.1 Å². The first kappa shape index (κ1) is 18.7. The molecule has 2 rings (SSSR count). The predicted molar refractivity (Wildman–Crippen MR) is 89.0 cm³/mol. The van der Waals surface area contributed by atoms with Gasteiger partial charge >= 0.3 is 0 Å². The molecule has 1 heterocycles. The monoisotopic (exact) mass is 371 g/mol. The maximum absolute atomic E-state index is 12.6. The van der Waals surface area contributed by atoms with Gasteiger partial charge in [-0.2, -0.15) is 4.31 Å². The number of carboxylic acids is 1. The van der Waals surface area contributed by atoms with Gasteiger partial charge in [0.25, 0.3) is 0 Å². The van der Waals surface area contributed by atoms with Gasteiger partial charge in [-0.1, -0.05) is 5.22 Å². The fourth-order valence-electron chi connectivity index (χ4n) is 2.17. The van der Waals surface area contributed by atoms with Gasteiger partial charge in [0.1, 0.15) is 5.37 Å². The lowest BCUT2D eigenvalue weighted by Crippen LogP contribution is -2.45. The van der Waals surface area contributed by atoms with Gasteiger partial charge in [0.05, 0.1) is 16.6 Å². The van der Waals surface area contributed by atoms with Gasteiger partial charge in [-0.3, -0.25) is 5.01 Å². The molecule has 0 saturated carbocycles. The molecule has 1 aliphatic heterocycles. The highest BCUT2D eigenvalue weighted by molar-refractivity contribution is 8.02. The number of rotatable bonds is 7. The molecule has 0 bridgehead atoms. The highest BCUT2D eigenvalue weighted by Crippen LogP contribution is 2.30. The second-order valence-electron chi connectivity index (χ2n) is 4.98. The fraction of sp³-hybridized carbons (Fsp3) is 0.500. The van der Waals surface area contributed by atoms with Crippen LogP contribution in [0.4, 0.5) is 5.69 Å². The molecule has 0 aromatic heterocycles. The third-order valence-electron chi connectivity index (χ3n) is 3.51. The number of sulfonamides is 1. The Bertz CT molecular complexity index is 702. The van der Waals surface area contributed by atoms with Crippen LogP contribution >= 0.6 is 11.8 Å². The second kappa shape index (κ2) is 7.95. The summed E-state index contributed by atoms with van der Waals surface area (Å²) < 4.78 is 26.1. The number of hydrogen-bond acceptors (Lipinski definition) is 7. The molecule has 1 aliphatic rings. The second-order valence-corrected chi connectivity index (χ2v) is 8.06. The molecule has 1 atom stereocenters. The minimum Gasteiger partial charge on any atom is -0.547 e. The van der Waals surface area contributed by atoms with E-state index in [1.54, 1.807) is 5.01 Å². The Morgan fingerprint density at radius 1 is 1.33 bits per heavy atom. The third kappa shape index (κ3) is 4.05. The highest BCUT2D eigenvalue weighted by atomic mass is 32.2. The van der Waals surface area contributed by atoms with E-state index in [0.29, 0.717) is 11.4 Å². The quantitative estimate of drug-likeness (QED) is 0.519. The first-order valence-corrected chi connectivity index (χ1v) is 10.00. The van der Waals surface area contributed by atoms with Crippen LogP contribution in [0.15, 0.2) is 39.5 Å². The van der Waals surface area contributed by atoms with Crippen molar-refractivity contribution in [3.63, 3.8) is 0 Å². The van der Waals surface area contributed by atoms with Crippen LogP contribution in [0, 0.1) is 0 Å². The molecular weight excluding hydrogens is 352 g/mol. The van der Waals surface area contributed by atoms with Crippen molar-refractivity contribution < 1.29 is 18.3 Å². The van der Waals surface area contributed by atoms with Gasteiger partial charge in [0.2, 0.25) is 10.0 Å². The molecule has 1 saturated heterocycles. The predicted octanol–water partition coefficient (Wildman–Crippen LogP) is 0.841.